The van der Waals surface area contributed by atoms with Crippen LogP contribution in [0.15, 0.2) is 72.8 Å². The molecule has 0 aliphatic carbocycles. The molecule has 0 saturated carbocycles. The molecule has 3 aliphatic heterocycles. The standard InChI is InChI=1S/C46H70N6/c1-32(2)37-12-18-40(19-13-37)50-28-45(24-43-30-51(35(7)26-47(43)9)41-20-14-38(15-21-41)33(3)4)49(11)46(29-50)25-44-31-52(36(8)27-48(44)10)42-22-16-39(17-23-42)34(5)6/h12-23,32-36,43-46H,24-31H2,1-11H3/t35-,36-,43+,44?,45?,46+/m0/s1. The predicted molar refractivity (Wildman–Crippen MR) is 225 cm³/mol. The van der Waals surface area contributed by atoms with E-state index in [0.717, 1.165) is 39.3 Å². The molecule has 3 saturated heterocycles. The minimum absolute atomic E-state index is 0.474. The fraction of sp³-hybridized carbons (Fsp3) is 0.609. The van der Waals surface area contributed by atoms with Crippen LogP contribution in [-0.2, 0) is 0 Å². The van der Waals surface area contributed by atoms with E-state index >= 15 is 0 Å². The van der Waals surface area contributed by atoms with Crippen LogP contribution in [0, 0.1) is 0 Å². The van der Waals surface area contributed by atoms with Gasteiger partial charge in [-0.25, -0.2) is 0 Å². The minimum Gasteiger partial charge on any atom is -0.368 e. The van der Waals surface area contributed by atoms with Gasteiger partial charge in [0.1, 0.15) is 0 Å². The van der Waals surface area contributed by atoms with E-state index in [9.17, 15) is 0 Å². The zero-order valence-electron chi connectivity index (χ0n) is 34.5. The first kappa shape index (κ1) is 38.7. The average molecular weight is 707 g/mol. The van der Waals surface area contributed by atoms with Crippen molar-refractivity contribution in [3.63, 3.8) is 0 Å². The van der Waals surface area contributed by atoms with Crippen molar-refractivity contribution < 1.29 is 0 Å². The number of benzene rings is 3. The Balaban J connectivity index is 1.22. The second kappa shape index (κ2) is 16.5. The smallest absolute Gasteiger partial charge is 0.0389 e. The van der Waals surface area contributed by atoms with E-state index in [2.05, 4.69) is 179 Å². The second-order valence-corrected chi connectivity index (χ2v) is 17.8. The van der Waals surface area contributed by atoms with Gasteiger partial charge in [0.15, 0.2) is 0 Å². The topological polar surface area (TPSA) is 19.4 Å². The lowest BCUT2D eigenvalue weighted by Gasteiger charge is -2.52. The Bertz CT molecular complexity index is 1460. The Hall–Kier alpha value is -3.06. The highest BCUT2D eigenvalue weighted by atomic mass is 15.3. The van der Waals surface area contributed by atoms with E-state index in [4.69, 9.17) is 0 Å². The maximum atomic E-state index is 2.79. The largest absolute Gasteiger partial charge is 0.368 e. The van der Waals surface area contributed by atoms with Crippen LogP contribution in [0.2, 0.25) is 0 Å². The van der Waals surface area contributed by atoms with Crippen molar-refractivity contribution in [3.8, 4) is 0 Å². The van der Waals surface area contributed by atoms with Gasteiger partial charge in [-0.1, -0.05) is 77.9 Å². The van der Waals surface area contributed by atoms with Gasteiger partial charge < -0.3 is 14.7 Å². The molecule has 52 heavy (non-hydrogen) atoms. The normalized spacial score (nSPS) is 27.0. The van der Waals surface area contributed by atoms with Crippen LogP contribution in [0.5, 0.6) is 0 Å². The molecular weight excluding hydrogens is 637 g/mol. The van der Waals surface area contributed by atoms with Crippen LogP contribution in [0.4, 0.5) is 17.1 Å². The van der Waals surface area contributed by atoms with Crippen molar-refractivity contribution in [1.82, 2.24) is 14.7 Å². The molecule has 3 aliphatic rings. The van der Waals surface area contributed by atoms with Crippen molar-refractivity contribution in [1.29, 1.82) is 0 Å². The summed E-state index contributed by atoms with van der Waals surface area (Å²) in [5.74, 6) is 1.66. The molecule has 6 atom stereocenters. The van der Waals surface area contributed by atoms with Crippen molar-refractivity contribution >= 4 is 17.1 Å². The van der Waals surface area contributed by atoms with Gasteiger partial charge in [-0.05, 0) is 119 Å². The van der Waals surface area contributed by atoms with Gasteiger partial charge in [0.25, 0.3) is 0 Å². The van der Waals surface area contributed by atoms with E-state index in [0.29, 0.717) is 54.0 Å². The lowest BCUT2D eigenvalue weighted by Crippen LogP contribution is -2.64. The third-order valence-electron chi connectivity index (χ3n) is 13.0. The number of anilines is 3. The van der Waals surface area contributed by atoms with Crippen molar-refractivity contribution in [3.05, 3.63) is 89.5 Å². The monoisotopic (exact) mass is 707 g/mol. The molecular formula is C46H70N6. The quantitative estimate of drug-likeness (QED) is 0.209. The SMILES string of the molecule is CC(C)c1ccc(N2CC(C[C@@H]3CN(c4ccc(C(C)C)cc4)[C@@H](C)CN3C)N(C)[C@H](CC3CN(c4ccc(C(C)C)cc4)[C@@H](C)CN3C)C2)cc1. The number of hydrogen-bond acceptors (Lipinski definition) is 6. The lowest BCUT2D eigenvalue weighted by molar-refractivity contribution is 0.0720. The van der Waals surface area contributed by atoms with Crippen LogP contribution in [0.25, 0.3) is 0 Å². The molecule has 0 bridgehead atoms. The molecule has 0 spiro atoms. The van der Waals surface area contributed by atoms with Gasteiger partial charge in [-0.15, -0.1) is 0 Å². The Kier molecular flexibility index (Phi) is 12.3. The summed E-state index contributed by atoms with van der Waals surface area (Å²) in [7, 11) is 7.17. The van der Waals surface area contributed by atoms with Crippen LogP contribution >= 0.6 is 0 Å². The number of likely N-dealkylation sites (N-methyl/N-ethyl adjacent to an activating group) is 3. The van der Waals surface area contributed by atoms with Gasteiger partial charge in [-0.2, -0.15) is 0 Å². The molecule has 0 radical (unpaired) electrons. The summed E-state index contributed by atoms with van der Waals surface area (Å²) in [4.78, 5) is 16.2. The molecule has 3 aromatic rings. The third-order valence-corrected chi connectivity index (χ3v) is 13.0. The van der Waals surface area contributed by atoms with E-state index in [1.165, 1.54) is 46.6 Å². The van der Waals surface area contributed by atoms with Gasteiger partial charge >= 0.3 is 0 Å². The first-order chi connectivity index (χ1) is 24.8. The maximum absolute atomic E-state index is 2.79. The number of hydrogen-bond donors (Lipinski definition) is 0. The molecule has 0 N–H and O–H groups in total. The molecule has 284 valence electrons. The zero-order valence-corrected chi connectivity index (χ0v) is 34.5. The summed E-state index contributed by atoms with van der Waals surface area (Å²) in [5.41, 5.74) is 8.38. The van der Waals surface area contributed by atoms with E-state index in [1.54, 1.807) is 0 Å². The summed E-state index contributed by atoms with van der Waals surface area (Å²) in [5, 5.41) is 0. The molecule has 0 amide bonds. The molecule has 3 heterocycles. The molecule has 3 aromatic carbocycles. The Labute approximate surface area is 317 Å². The lowest BCUT2D eigenvalue weighted by atomic mass is 9.92. The van der Waals surface area contributed by atoms with E-state index < -0.39 is 0 Å². The highest BCUT2D eigenvalue weighted by Crippen LogP contribution is 2.33. The molecule has 6 heteroatoms. The Morgan fingerprint density at radius 2 is 0.769 bits per heavy atom. The van der Waals surface area contributed by atoms with E-state index in [-0.39, 0.29) is 0 Å². The first-order valence-electron chi connectivity index (χ1n) is 20.5. The molecule has 6 rings (SSSR count). The highest BCUT2D eigenvalue weighted by molar-refractivity contribution is 5.52. The van der Waals surface area contributed by atoms with Gasteiger partial charge in [0, 0.05) is 92.6 Å². The number of rotatable bonds is 10. The average Bonchev–Trinajstić information content (AvgIpc) is 3.12. The van der Waals surface area contributed by atoms with Crippen molar-refractivity contribution in [2.45, 2.75) is 122 Å². The summed E-state index contributed by atoms with van der Waals surface area (Å²) in [6.07, 6.45) is 2.34. The Morgan fingerprint density at radius 3 is 1.10 bits per heavy atom. The van der Waals surface area contributed by atoms with Gasteiger partial charge in [0.2, 0.25) is 0 Å². The van der Waals surface area contributed by atoms with E-state index in [1.807, 2.05) is 0 Å². The van der Waals surface area contributed by atoms with Gasteiger partial charge in [0.05, 0.1) is 0 Å². The van der Waals surface area contributed by atoms with Crippen LogP contribution in [0.3, 0.4) is 0 Å². The van der Waals surface area contributed by atoms with Crippen LogP contribution in [-0.4, -0.2) is 111 Å². The Morgan fingerprint density at radius 1 is 0.442 bits per heavy atom. The van der Waals surface area contributed by atoms with Crippen molar-refractivity contribution in [2.75, 3.05) is 75.1 Å². The molecule has 6 nitrogen and oxygen atoms in total. The van der Waals surface area contributed by atoms with Crippen LogP contribution < -0.4 is 14.7 Å². The third kappa shape index (κ3) is 8.66. The van der Waals surface area contributed by atoms with Gasteiger partial charge in [-0.3, -0.25) is 14.7 Å². The first-order valence-corrected chi connectivity index (χ1v) is 20.5. The minimum atomic E-state index is 0.474. The summed E-state index contributed by atoms with van der Waals surface area (Å²) in [6.45, 7) is 25.0. The molecule has 3 fully saturated rings. The second-order valence-electron chi connectivity index (χ2n) is 17.8. The fourth-order valence-corrected chi connectivity index (χ4v) is 9.28. The number of nitrogens with zero attached hydrogens (tertiary/aromatic N) is 6. The number of piperazine rings is 3. The molecule has 2 unspecified atom stereocenters. The fourth-order valence-electron chi connectivity index (χ4n) is 9.28. The summed E-state index contributed by atoms with van der Waals surface area (Å²) < 4.78 is 0. The predicted octanol–water partition coefficient (Wildman–Crippen LogP) is 8.74. The summed E-state index contributed by atoms with van der Waals surface area (Å²) >= 11 is 0. The highest BCUT2D eigenvalue weighted by Gasteiger charge is 2.40. The van der Waals surface area contributed by atoms with Crippen molar-refractivity contribution in [2.24, 2.45) is 0 Å². The molecule has 0 aromatic heterocycles. The summed E-state index contributed by atoms with van der Waals surface area (Å²) in [6, 6.07) is 31.3. The zero-order chi connectivity index (χ0) is 37.3. The maximum Gasteiger partial charge on any atom is 0.0389 e. The van der Waals surface area contributed by atoms with Crippen LogP contribution in [0.1, 0.15) is 103 Å².